The molecule has 158 valence electrons. The van der Waals surface area contributed by atoms with E-state index >= 15 is 0 Å². The molecule has 0 radical (unpaired) electrons. The second kappa shape index (κ2) is 9.62. The van der Waals surface area contributed by atoms with Gasteiger partial charge in [0.1, 0.15) is 6.04 Å². The van der Waals surface area contributed by atoms with Crippen molar-refractivity contribution in [3.8, 4) is 0 Å². The molecule has 30 heavy (non-hydrogen) atoms. The fraction of sp³-hybridized carbons (Fsp3) is 0.318. The van der Waals surface area contributed by atoms with Crippen LogP contribution >= 0.6 is 27.5 Å². The van der Waals surface area contributed by atoms with E-state index in [0.29, 0.717) is 39.4 Å². The molecular formula is C22H23BrClN3O3. The summed E-state index contributed by atoms with van der Waals surface area (Å²) in [6, 6.07) is 11.4. The van der Waals surface area contributed by atoms with Crippen molar-refractivity contribution < 1.29 is 14.4 Å². The van der Waals surface area contributed by atoms with Gasteiger partial charge in [-0.3, -0.25) is 14.4 Å². The Labute approximate surface area is 189 Å². The van der Waals surface area contributed by atoms with Crippen LogP contribution in [-0.4, -0.2) is 30.3 Å². The van der Waals surface area contributed by atoms with Gasteiger partial charge in [-0.2, -0.15) is 0 Å². The maximum Gasteiger partial charge on any atom is 0.253 e. The van der Waals surface area contributed by atoms with Crippen LogP contribution in [-0.2, 0) is 9.59 Å². The van der Waals surface area contributed by atoms with E-state index in [1.54, 1.807) is 41.3 Å². The van der Waals surface area contributed by atoms with Gasteiger partial charge in [0.2, 0.25) is 11.8 Å². The number of carbonyl (C=O) groups excluding carboxylic acids is 3. The third-order valence-electron chi connectivity index (χ3n) is 4.93. The van der Waals surface area contributed by atoms with Crippen molar-refractivity contribution in [3.05, 3.63) is 57.5 Å². The Bertz CT molecular complexity index is 980. The Kier molecular flexibility index (Phi) is 7.15. The Hall–Kier alpha value is -2.38. The molecule has 0 aliphatic carbocycles. The van der Waals surface area contributed by atoms with E-state index in [0.717, 1.165) is 6.42 Å². The largest absolute Gasteiger partial charge is 0.340 e. The molecule has 1 heterocycles. The van der Waals surface area contributed by atoms with Crippen LogP contribution in [0.3, 0.4) is 0 Å². The Balaban J connectivity index is 1.72. The van der Waals surface area contributed by atoms with Gasteiger partial charge in [0, 0.05) is 23.1 Å². The lowest BCUT2D eigenvalue weighted by atomic mass is 10.0. The number of carbonyl (C=O) groups is 3. The monoisotopic (exact) mass is 491 g/mol. The van der Waals surface area contributed by atoms with Gasteiger partial charge in [0.25, 0.3) is 5.91 Å². The molecule has 3 rings (SSSR count). The molecule has 6 nitrogen and oxygen atoms in total. The summed E-state index contributed by atoms with van der Waals surface area (Å²) in [4.78, 5) is 39.1. The highest BCUT2D eigenvalue weighted by Crippen LogP contribution is 2.31. The molecule has 1 saturated heterocycles. The molecule has 0 saturated carbocycles. The first-order chi connectivity index (χ1) is 14.3. The fourth-order valence-corrected chi connectivity index (χ4v) is 4.07. The summed E-state index contributed by atoms with van der Waals surface area (Å²) in [6.45, 7) is 4.36. The molecule has 0 spiro atoms. The normalized spacial score (nSPS) is 14.7. The predicted molar refractivity (Wildman–Crippen MR) is 122 cm³/mol. The standard InChI is InChI=1S/C22H23BrClN3O3/c1-13(2)20(26-21(29)15-6-3-4-7-16(15)23)22(30)25-14-9-10-18(17(24)12-14)27-11-5-8-19(27)28/h3-4,6-7,9-10,12-13,20H,5,8,11H2,1-2H3,(H,25,30)(H,26,29)/t20-/m1/s1. The van der Waals surface area contributed by atoms with Gasteiger partial charge in [0.15, 0.2) is 0 Å². The van der Waals surface area contributed by atoms with Gasteiger partial charge < -0.3 is 15.5 Å². The Morgan fingerprint density at radius 3 is 2.50 bits per heavy atom. The van der Waals surface area contributed by atoms with Gasteiger partial charge in [-0.15, -0.1) is 0 Å². The molecule has 0 unspecified atom stereocenters. The summed E-state index contributed by atoms with van der Waals surface area (Å²) in [5.41, 5.74) is 1.60. The topological polar surface area (TPSA) is 78.5 Å². The number of hydrogen-bond donors (Lipinski definition) is 2. The maximum atomic E-state index is 12.9. The second-order valence-electron chi connectivity index (χ2n) is 7.48. The summed E-state index contributed by atoms with van der Waals surface area (Å²) in [5, 5.41) is 6.00. The van der Waals surface area contributed by atoms with E-state index in [2.05, 4.69) is 26.6 Å². The molecule has 3 amide bonds. The highest BCUT2D eigenvalue weighted by Gasteiger charge is 2.27. The van der Waals surface area contributed by atoms with Crippen molar-refractivity contribution in [2.24, 2.45) is 5.92 Å². The number of benzene rings is 2. The molecule has 2 N–H and O–H groups in total. The van der Waals surface area contributed by atoms with Crippen LogP contribution in [0, 0.1) is 5.92 Å². The van der Waals surface area contributed by atoms with E-state index in [1.807, 2.05) is 19.9 Å². The van der Waals surface area contributed by atoms with E-state index < -0.39 is 6.04 Å². The zero-order valence-corrected chi connectivity index (χ0v) is 19.1. The molecule has 0 bridgehead atoms. The zero-order valence-electron chi connectivity index (χ0n) is 16.7. The number of nitrogens with zero attached hydrogens (tertiary/aromatic N) is 1. The number of rotatable bonds is 6. The van der Waals surface area contributed by atoms with Crippen molar-refractivity contribution in [1.29, 1.82) is 0 Å². The lowest BCUT2D eigenvalue weighted by molar-refractivity contribution is -0.119. The summed E-state index contributed by atoms with van der Waals surface area (Å²) in [7, 11) is 0. The molecule has 1 fully saturated rings. The predicted octanol–water partition coefficient (Wildman–Crippen LogP) is 4.62. The molecule has 1 aliphatic heterocycles. The Morgan fingerprint density at radius 1 is 1.17 bits per heavy atom. The highest BCUT2D eigenvalue weighted by atomic mass is 79.9. The molecule has 8 heteroatoms. The van der Waals surface area contributed by atoms with Gasteiger partial charge in [-0.25, -0.2) is 0 Å². The van der Waals surface area contributed by atoms with Crippen molar-refractivity contribution >= 4 is 56.6 Å². The van der Waals surface area contributed by atoms with Gasteiger partial charge >= 0.3 is 0 Å². The average Bonchev–Trinajstić information content (AvgIpc) is 3.11. The quantitative estimate of drug-likeness (QED) is 0.617. The highest BCUT2D eigenvalue weighted by molar-refractivity contribution is 9.10. The first-order valence-electron chi connectivity index (χ1n) is 9.74. The summed E-state index contributed by atoms with van der Waals surface area (Å²) >= 11 is 9.72. The molecule has 0 aromatic heterocycles. The lowest BCUT2D eigenvalue weighted by Gasteiger charge is -2.23. The zero-order chi connectivity index (χ0) is 21.8. The Morgan fingerprint density at radius 2 is 1.90 bits per heavy atom. The fourth-order valence-electron chi connectivity index (χ4n) is 3.33. The molecule has 1 atom stereocenters. The number of halogens is 2. The van der Waals surface area contributed by atoms with Gasteiger partial charge in [0.05, 0.1) is 16.3 Å². The molecule has 2 aromatic rings. The summed E-state index contributed by atoms with van der Waals surface area (Å²) in [5.74, 6) is -0.763. The second-order valence-corrected chi connectivity index (χ2v) is 8.74. The minimum Gasteiger partial charge on any atom is -0.340 e. The van der Waals surface area contributed by atoms with Gasteiger partial charge in [-0.05, 0) is 58.6 Å². The van der Waals surface area contributed by atoms with Crippen LogP contribution in [0.25, 0.3) is 0 Å². The minimum absolute atomic E-state index is 0.0448. The minimum atomic E-state index is -0.733. The maximum absolute atomic E-state index is 12.9. The van der Waals surface area contributed by atoms with Crippen LogP contribution < -0.4 is 15.5 Å². The van der Waals surface area contributed by atoms with E-state index in [9.17, 15) is 14.4 Å². The van der Waals surface area contributed by atoms with E-state index in [4.69, 9.17) is 11.6 Å². The summed E-state index contributed by atoms with van der Waals surface area (Å²) in [6.07, 6.45) is 1.32. The molecule has 1 aliphatic rings. The molecule has 2 aromatic carbocycles. The lowest BCUT2D eigenvalue weighted by Crippen LogP contribution is -2.47. The third-order valence-corrected chi connectivity index (χ3v) is 5.93. The SMILES string of the molecule is CC(C)[C@@H](NC(=O)c1ccccc1Br)C(=O)Nc1ccc(N2CCCC2=O)c(Cl)c1. The first kappa shape index (κ1) is 22.3. The van der Waals surface area contributed by atoms with Crippen LogP contribution in [0.15, 0.2) is 46.9 Å². The van der Waals surface area contributed by atoms with Crippen LogP contribution in [0.4, 0.5) is 11.4 Å². The van der Waals surface area contributed by atoms with E-state index in [-0.39, 0.29) is 23.6 Å². The van der Waals surface area contributed by atoms with E-state index in [1.165, 1.54) is 0 Å². The number of hydrogen-bond acceptors (Lipinski definition) is 3. The molecular weight excluding hydrogens is 470 g/mol. The van der Waals surface area contributed by atoms with Crippen LogP contribution in [0.1, 0.15) is 37.0 Å². The number of amides is 3. The third kappa shape index (κ3) is 5.02. The van der Waals surface area contributed by atoms with Crippen molar-refractivity contribution in [1.82, 2.24) is 5.32 Å². The van der Waals surface area contributed by atoms with Crippen molar-refractivity contribution in [3.63, 3.8) is 0 Å². The van der Waals surface area contributed by atoms with Gasteiger partial charge in [-0.1, -0.05) is 37.6 Å². The smallest absolute Gasteiger partial charge is 0.253 e. The van der Waals surface area contributed by atoms with Crippen LogP contribution in [0.5, 0.6) is 0 Å². The van der Waals surface area contributed by atoms with Crippen LogP contribution in [0.2, 0.25) is 5.02 Å². The average molecular weight is 493 g/mol. The number of nitrogens with one attached hydrogen (secondary N) is 2. The first-order valence-corrected chi connectivity index (χ1v) is 10.9. The van der Waals surface area contributed by atoms with Crippen molar-refractivity contribution in [2.75, 3.05) is 16.8 Å². The summed E-state index contributed by atoms with van der Waals surface area (Å²) < 4.78 is 0.657. The number of anilines is 2. The van der Waals surface area contributed by atoms with Crippen molar-refractivity contribution in [2.45, 2.75) is 32.7 Å².